The second-order valence-electron chi connectivity index (χ2n) is 4.88. The minimum absolute atomic E-state index is 0.409. The third-order valence-electron chi connectivity index (χ3n) is 3.91. The summed E-state index contributed by atoms with van der Waals surface area (Å²) in [6, 6.07) is 3.36. The number of nitrogens with zero attached hydrogens (tertiary/aromatic N) is 2. The van der Waals surface area contributed by atoms with Gasteiger partial charge in [-0.1, -0.05) is 6.92 Å². The Morgan fingerprint density at radius 3 is 3.00 bits per heavy atom. The molecule has 0 radical (unpaired) electrons. The highest BCUT2D eigenvalue weighted by Crippen LogP contribution is 2.27. The molecule has 2 aliphatic heterocycles. The molecule has 4 atom stereocenters. The third kappa shape index (κ3) is 2.50. The van der Waals surface area contributed by atoms with Crippen molar-refractivity contribution < 1.29 is 0 Å². The van der Waals surface area contributed by atoms with Crippen molar-refractivity contribution >= 4 is 0 Å². The normalized spacial score (nSPS) is 36.1. The van der Waals surface area contributed by atoms with E-state index < -0.39 is 0 Å². The van der Waals surface area contributed by atoms with Gasteiger partial charge in [-0.2, -0.15) is 5.26 Å². The molecule has 0 aromatic rings. The van der Waals surface area contributed by atoms with E-state index in [1.54, 1.807) is 0 Å². The lowest BCUT2D eigenvalue weighted by molar-refractivity contribution is 0.208. The van der Waals surface area contributed by atoms with Crippen LogP contribution in [0.4, 0.5) is 0 Å². The predicted octanol–water partition coefficient (Wildman–Crippen LogP) is 1.36. The summed E-state index contributed by atoms with van der Waals surface area (Å²) < 4.78 is 0. The first kappa shape index (κ1) is 10.9. The average Bonchev–Trinajstić information content (AvgIpc) is 2.64. The van der Waals surface area contributed by atoms with Gasteiger partial charge in [0.15, 0.2) is 0 Å². The molecule has 2 bridgehead atoms. The third-order valence-corrected chi connectivity index (χ3v) is 3.91. The fourth-order valence-corrected chi connectivity index (χ4v) is 2.90. The summed E-state index contributed by atoms with van der Waals surface area (Å²) in [6.07, 6.45) is 4.34. The van der Waals surface area contributed by atoms with E-state index in [9.17, 15) is 0 Å². The van der Waals surface area contributed by atoms with Gasteiger partial charge in [-0.3, -0.25) is 0 Å². The summed E-state index contributed by atoms with van der Waals surface area (Å²) in [7, 11) is 0. The second kappa shape index (κ2) is 4.96. The Morgan fingerprint density at radius 1 is 1.47 bits per heavy atom. The van der Waals surface area contributed by atoms with Crippen LogP contribution in [-0.4, -0.2) is 36.6 Å². The van der Waals surface area contributed by atoms with Gasteiger partial charge in [0.2, 0.25) is 0 Å². The van der Waals surface area contributed by atoms with Crippen LogP contribution in [0, 0.1) is 17.2 Å². The molecule has 3 nitrogen and oxygen atoms in total. The molecule has 2 saturated heterocycles. The van der Waals surface area contributed by atoms with Crippen LogP contribution in [0.3, 0.4) is 0 Å². The Balaban J connectivity index is 1.85. The zero-order chi connectivity index (χ0) is 10.7. The van der Waals surface area contributed by atoms with Crippen LogP contribution in [0.5, 0.6) is 0 Å². The van der Waals surface area contributed by atoms with Crippen molar-refractivity contribution in [1.29, 1.82) is 5.26 Å². The van der Waals surface area contributed by atoms with Crippen LogP contribution in [0.25, 0.3) is 0 Å². The largest absolute Gasteiger partial charge is 0.310 e. The van der Waals surface area contributed by atoms with E-state index in [-0.39, 0.29) is 0 Å². The van der Waals surface area contributed by atoms with Crippen LogP contribution in [0.1, 0.15) is 32.6 Å². The molecule has 15 heavy (non-hydrogen) atoms. The number of hydrogen-bond donors (Lipinski definition) is 1. The lowest BCUT2D eigenvalue weighted by Crippen LogP contribution is -2.47. The minimum Gasteiger partial charge on any atom is -0.310 e. The molecular weight excluding hydrogens is 186 g/mol. The molecule has 0 aliphatic carbocycles. The summed E-state index contributed by atoms with van der Waals surface area (Å²) in [5, 5.41) is 12.4. The molecule has 0 aromatic carbocycles. The molecule has 2 fully saturated rings. The number of nitriles is 1. The Bertz CT molecular complexity index is 246. The lowest BCUT2D eigenvalue weighted by atomic mass is 9.93. The molecule has 2 heterocycles. The number of piperidine rings is 1. The van der Waals surface area contributed by atoms with E-state index in [1.807, 2.05) is 0 Å². The molecule has 3 heteroatoms. The summed E-state index contributed by atoms with van der Waals surface area (Å²) >= 11 is 0. The molecule has 0 saturated carbocycles. The highest BCUT2D eigenvalue weighted by Gasteiger charge is 2.34. The molecule has 2 aliphatic rings. The Labute approximate surface area is 92.4 Å². The molecule has 0 spiro atoms. The van der Waals surface area contributed by atoms with Gasteiger partial charge in [-0.15, -0.1) is 0 Å². The van der Waals surface area contributed by atoms with Gasteiger partial charge in [-0.25, -0.2) is 0 Å². The SMILES string of the molecule is CCC(CC#N)NC1CCN2CCC1C2. The highest BCUT2D eigenvalue weighted by molar-refractivity contribution is 4.93. The summed E-state index contributed by atoms with van der Waals surface area (Å²) in [5.74, 6) is 0.839. The molecule has 4 unspecified atom stereocenters. The maximum atomic E-state index is 8.73. The van der Waals surface area contributed by atoms with Gasteiger partial charge >= 0.3 is 0 Å². The van der Waals surface area contributed by atoms with Gasteiger partial charge in [0.05, 0.1) is 12.5 Å². The van der Waals surface area contributed by atoms with Crippen molar-refractivity contribution in [2.45, 2.75) is 44.7 Å². The first-order valence-electron chi connectivity index (χ1n) is 6.18. The summed E-state index contributed by atoms with van der Waals surface area (Å²) in [6.45, 7) is 5.98. The van der Waals surface area contributed by atoms with Gasteiger partial charge in [0, 0.05) is 18.6 Å². The first-order chi connectivity index (χ1) is 7.33. The standard InChI is InChI=1S/C12H21N3/c1-2-11(3-6-13)14-12-5-8-15-7-4-10(12)9-15/h10-12,14H,2-5,7-9H2,1H3. The Hall–Kier alpha value is -0.590. The molecular formula is C12H21N3. The molecule has 1 N–H and O–H groups in total. The van der Waals surface area contributed by atoms with Gasteiger partial charge in [0.1, 0.15) is 0 Å². The molecule has 84 valence electrons. The van der Waals surface area contributed by atoms with E-state index in [0.717, 1.165) is 12.3 Å². The minimum atomic E-state index is 0.409. The first-order valence-corrected chi connectivity index (χ1v) is 6.18. The predicted molar refractivity (Wildman–Crippen MR) is 60.4 cm³/mol. The van der Waals surface area contributed by atoms with Gasteiger partial charge in [-0.05, 0) is 38.3 Å². The van der Waals surface area contributed by atoms with Crippen molar-refractivity contribution in [2.75, 3.05) is 19.6 Å². The van der Waals surface area contributed by atoms with Crippen molar-refractivity contribution in [3.63, 3.8) is 0 Å². The van der Waals surface area contributed by atoms with Crippen molar-refractivity contribution in [2.24, 2.45) is 5.92 Å². The van der Waals surface area contributed by atoms with Crippen LogP contribution < -0.4 is 5.32 Å². The maximum Gasteiger partial charge on any atom is 0.0638 e. The van der Waals surface area contributed by atoms with E-state index >= 15 is 0 Å². The van der Waals surface area contributed by atoms with Crippen molar-refractivity contribution in [3.05, 3.63) is 0 Å². The van der Waals surface area contributed by atoms with E-state index in [0.29, 0.717) is 18.5 Å². The summed E-state index contributed by atoms with van der Waals surface area (Å²) in [4.78, 5) is 2.56. The van der Waals surface area contributed by atoms with Crippen molar-refractivity contribution in [3.8, 4) is 6.07 Å². The van der Waals surface area contributed by atoms with Crippen LogP contribution in [0.2, 0.25) is 0 Å². The smallest absolute Gasteiger partial charge is 0.0638 e. The Morgan fingerprint density at radius 2 is 2.27 bits per heavy atom. The van der Waals surface area contributed by atoms with Crippen LogP contribution in [-0.2, 0) is 0 Å². The van der Waals surface area contributed by atoms with Gasteiger partial charge in [0.25, 0.3) is 0 Å². The molecule has 0 amide bonds. The topological polar surface area (TPSA) is 39.1 Å². The fraction of sp³-hybridized carbons (Fsp3) is 0.917. The van der Waals surface area contributed by atoms with E-state index in [2.05, 4.69) is 23.2 Å². The maximum absolute atomic E-state index is 8.73. The monoisotopic (exact) mass is 207 g/mol. The molecule has 0 aromatic heterocycles. The highest BCUT2D eigenvalue weighted by atomic mass is 15.2. The summed E-state index contributed by atoms with van der Waals surface area (Å²) in [5.41, 5.74) is 0. The number of hydrogen-bond acceptors (Lipinski definition) is 3. The lowest BCUT2D eigenvalue weighted by Gasteiger charge is -2.33. The second-order valence-corrected chi connectivity index (χ2v) is 4.88. The van der Waals surface area contributed by atoms with Crippen molar-refractivity contribution in [1.82, 2.24) is 10.2 Å². The zero-order valence-electron chi connectivity index (χ0n) is 9.58. The van der Waals surface area contributed by atoms with Crippen LogP contribution in [0.15, 0.2) is 0 Å². The Kier molecular flexibility index (Phi) is 3.61. The van der Waals surface area contributed by atoms with E-state index in [1.165, 1.54) is 32.5 Å². The zero-order valence-corrected chi connectivity index (χ0v) is 9.58. The fourth-order valence-electron chi connectivity index (χ4n) is 2.90. The number of fused-ring (bicyclic) bond motifs is 2. The number of nitrogens with one attached hydrogen (secondary N) is 1. The van der Waals surface area contributed by atoms with E-state index in [4.69, 9.17) is 5.26 Å². The average molecular weight is 207 g/mol. The van der Waals surface area contributed by atoms with Crippen LogP contribution >= 0.6 is 0 Å². The van der Waals surface area contributed by atoms with Gasteiger partial charge < -0.3 is 10.2 Å². The number of rotatable bonds is 4. The quantitative estimate of drug-likeness (QED) is 0.756. The molecule has 2 rings (SSSR count).